The highest BCUT2D eigenvalue weighted by atomic mass is 19.1. The lowest BCUT2D eigenvalue weighted by molar-refractivity contribution is 0.217. The summed E-state index contributed by atoms with van der Waals surface area (Å²) < 4.78 is 13.1. The molecule has 1 rings (SSSR count). The molecular formula is C13H20FN3O. The Bertz CT molecular complexity index is 407. The molecule has 0 atom stereocenters. The van der Waals surface area contributed by atoms with E-state index in [1.54, 1.807) is 6.07 Å². The van der Waals surface area contributed by atoms with Gasteiger partial charge in [0, 0.05) is 25.6 Å². The minimum atomic E-state index is -0.229. The number of halogens is 1. The number of rotatable bonds is 6. The smallest absolute Gasteiger partial charge is 0.140 e. The second kappa shape index (κ2) is 6.96. The molecule has 0 amide bonds. The van der Waals surface area contributed by atoms with Crippen LogP contribution in [0.4, 0.5) is 4.39 Å². The van der Waals surface area contributed by atoms with Crippen LogP contribution in [0.25, 0.3) is 0 Å². The Hall–Kier alpha value is -1.62. The first kappa shape index (κ1) is 14.4. The van der Waals surface area contributed by atoms with Crippen molar-refractivity contribution in [2.24, 2.45) is 10.9 Å². The molecule has 4 nitrogen and oxygen atoms in total. The highest BCUT2D eigenvalue weighted by molar-refractivity contribution is 5.79. The Kier molecular flexibility index (Phi) is 5.58. The van der Waals surface area contributed by atoms with Gasteiger partial charge in [0.1, 0.15) is 11.7 Å². The van der Waals surface area contributed by atoms with Crippen molar-refractivity contribution in [1.29, 1.82) is 0 Å². The highest BCUT2D eigenvalue weighted by Gasteiger charge is 2.11. The van der Waals surface area contributed by atoms with Crippen LogP contribution in [0, 0.1) is 5.82 Å². The summed E-state index contributed by atoms with van der Waals surface area (Å²) in [6.07, 6.45) is 0.490. The Morgan fingerprint density at radius 1 is 1.50 bits per heavy atom. The SMILES string of the molecule is CC(C)N(CCC(N)=NO)Cc1cccc(F)c1. The molecule has 0 bridgehead atoms. The lowest BCUT2D eigenvalue weighted by Gasteiger charge is -2.26. The average Bonchev–Trinajstić information content (AvgIpc) is 2.33. The predicted octanol–water partition coefficient (Wildman–Crippen LogP) is 2.17. The Morgan fingerprint density at radius 2 is 2.22 bits per heavy atom. The van der Waals surface area contributed by atoms with E-state index in [-0.39, 0.29) is 11.7 Å². The Balaban J connectivity index is 2.63. The van der Waals surface area contributed by atoms with Gasteiger partial charge in [0.15, 0.2) is 0 Å². The summed E-state index contributed by atoms with van der Waals surface area (Å²) in [5, 5.41) is 11.5. The van der Waals surface area contributed by atoms with Gasteiger partial charge in [0.25, 0.3) is 0 Å². The first-order chi connectivity index (χ1) is 8.52. The van der Waals surface area contributed by atoms with Crippen LogP contribution < -0.4 is 5.73 Å². The Labute approximate surface area is 107 Å². The standard InChI is InChI=1S/C13H20FN3O/c1-10(2)17(7-6-13(15)16-18)9-11-4-3-5-12(14)8-11/h3-5,8,10,18H,6-7,9H2,1-2H3,(H2,15,16). The van der Waals surface area contributed by atoms with Crippen molar-refractivity contribution in [3.8, 4) is 0 Å². The van der Waals surface area contributed by atoms with Crippen LogP contribution in [0.15, 0.2) is 29.4 Å². The molecule has 0 saturated carbocycles. The average molecular weight is 253 g/mol. The number of hydrogen-bond acceptors (Lipinski definition) is 3. The molecule has 1 aromatic carbocycles. The van der Waals surface area contributed by atoms with Crippen molar-refractivity contribution in [2.45, 2.75) is 32.9 Å². The number of nitrogens with zero attached hydrogens (tertiary/aromatic N) is 2. The van der Waals surface area contributed by atoms with E-state index in [1.165, 1.54) is 12.1 Å². The largest absolute Gasteiger partial charge is 0.409 e. The van der Waals surface area contributed by atoms with E-state index in [1.807, 2.05) is 6.07 Å². The molecule has 0 saturated heterocycles. The molecule has 0 spiro atoms. The van der Waals surface area contributed by atoms with Crippen LogP contribution >= 0.6 is 0 Å². The second-order valence-electron chi connectivity index (χ2n) is 4.54. The molecule has 0 aliphatic rings. The third-order valence-electron chi connectivity index (χ3n) is 2.79. The molecule has 100 valence electrons. The second-order valence-corrected chi connectivity index (χ2v) is 4.54. The van der Waals surface area contributed by atoms with Crippen LogP contribution in [0.1, 0.15) is 25.8 Å². The Morgan fingerprint density at radius 3 is 2.78 bits per heavy atom. The van der Waals surface area contributed by atoms with E-state index >= 15 is 0 Å². The zero-order valence-corrected chi connectivity index (χ0v) is 10.8. The number of oxime groups is 1. The van der Waals surface area contributed by atoms with Gasteiger partial charge >= 0.3 is 0 Å². The molecule has 1 aromatic rings. The summed E-state index contributed by atoms with van der Waals surface area (Å²) in [7, 11) is 0. The first-order valence-electron chi connectivity index (χ1n) is 5.98. The highest BCUT2D eigenvalue weighted by Crippen LogP contribution is 2.10. The molecule has 0 unspecified atom stereocenters. The molecule has 18 heavy (non-hydrogen) atoms. The van der Waals surface area contributed by atoms with Crippen LogP contribution in [-0.2, 0) is 6.54 Å². The predicted molar refractivity (Wildman–Crippen MR) is 70.0 cm³/mol. The van der Waals surface area contributed by atoms with E-state index < -0.39 is 0 Å². The number of amidine groups is 1. The van der Waals surface area contributed by atoms with Crippen LogP contribution in [0.3, 0.4) is 0 Å². The number of benzene rings is 1. The van der Waals surface area contributed by atoms with Gasteiger partial charge < -0.3 is 10.9 Å². The lowest BCUT2D eigenvalue weighted by Crippen LogP contribution is -2.33. The maximum absolute atomic E-state index is 13.1. The molecule has 5 heteroatoms. The number of nitrogens with two attached hydrogens (primary N) is 1. The van der Waals surface area contributed by atoms with E-state index in [9.17, 15) is 4.39 Å². The summed E-state index contributed by atoms with van der Waals surface area (Å²) >= 11 is 0. The van der Waals surface area contributed by atoms with Gasteiger partial charge in [-0.3, -0.25) is 4.90 Å². The third-order valence-corrected chi connectivity index (χ3v) is 2.79. The molecule has 0 heterocycles. The van der Waals surface area contributed by atoms with Crippen molar-refractivity contribution in [2.75, 3.05) is 6.54 Å². The fourth-order valence-electron chi connectivity index (χ4n) is 1.70. The van der Waals surface area contributed by atoms with Gasteiger partial charge in [-0.2, -0.15) is 0 Å². The van der Waals surface area contributed by atoms with E-state index in [2.05, 4.69) is 23.9 Å². The topological polar surface area (TPSA) is 61.8 Å². The van der Waals surface area contributed by atoms with Crippen LogP contribution in [-0.4, -0.2) is 28.5 Å². The summed E-state index contributed by atoms with van der Waals surface area (Å²) in [5.41, 5.74) is 6.37. The van der Waals surface area contributed by atoms with Crippen molar-refractivity contribution >= 4 is 5.84 Å². The van der Waals surface area contributed by atoms with Crippen molar-refractivity contribution in [3.63, 3.8) is 0 Å². The molecule has 0 aliphatic carbocycles. The van der Waals surface area contributed by atoms with Crippen LogP contribution in [0.2, 0.25) is 0 Å². The fourth-order valence-corrected chi connectivity index (χ4v) is 1.70. The van der Waals surface area contributed by atoms with Gasteiger partial charge in [-0.25, -0.2) is 4.39 Å². The fraction of sp³-hybridized carbons (Fsp3) is 0.462. The quantitative estimate of drug-likeness (QED) is 0.353. The van der Waals surface area contributed by atoms with Gasteiger partial charge in [-0.05, 0) is 31.5 Å². The molecule has 0 fully saturated rings. The summed E-state index contributed by atoms with van der Waals surface area (Å²) in [5.74, 6) is -0.0208. The third kappa shape index (κ3) is 4.71. The first-order valence-corrected chi connectivity index (χ1v) is 5.98. The molecule has 0 aromatic heterocycles. The monoisotopic (exact) mass is 253 g/mol. The zero-order valence-electron chi connectivity index (χ0n) is 10.8. The van der Waals surface area contributed by atoms with E-state index in [0.717, 1.165) is 5.56 Å². The van der Waals surface area contributed by atoms with Crippen molar-refractivity contribution in [3.05, 3.63) is 35.6 Å². The van der Waals surface area contributed by atoms with Crippen molar-refractivity contribution in [1.82, 2.24) is 4.90 Å². The maximum atomic E-state index is 13.1. The zero-order chi connectivity index (χ0) is 13.5. The minimum Gasteiger partial charge on any atom is -0.409 e. The van der Waals surface area contributed by atoms with Crippen LogP contribution in [0.5, 0.6) is 0 Å². The minimum absolute atomic E-state index is 0.208. The van der Waals surface area contributed by atoms with Crippen molar-refractivity contribution < 1.29 is 9.60 Å². The molecule has 0 radical (unpaired) electrons. The van der Waals surface area contributed by atoms with Gasteiger partial charge in [-0.1, -0.05) is 17.3 Å². The maximum Gasteiger partial charge on any atom is 0.140 e. The van der Waals surface area contributed by atoms with Gasteiger partial charge in [0.05, 0.1) is 0 Å². The van der Waals surface area contributed by atoms with Gasteiger partial charge in [-0.15, -0.1) is 0 Å². The van der Waals surface area contributed by atoms with E-state index in [0.29, 0.717) is 25.6 Å². The van der Waals surface area contributed by atoms with E-state index in [4.69, 9.17) is 10.9 Å². The summed E-state index contributed by atoms with van der Waals surface area (Å²) in [4.78, 5) is 2.15. The number of hydrogen-bond donors (Lipinski definition) is 2. The molecular weight excluding hydrogens is 233 g/mol. The summed E-state index contributed by atoms with van der Waals surface area (Å²) in [6.45, 7) is 5.44. The van der Waals surface area contributed by atoms with Gasteiger partial charge in [0.2, 0.25) is 0 Å². The lowest BCUT2D eigenvalue weighted by atomic mass is 10.1. The normalized spacial score (nSPS) is 12.4. The molecule has 3 N–H and O–H groups in total. The molecule has 0 aliphatic heterocycles. The summed E-state index contributed by atoms with van der Waals surface area (Å²) in [6, 6.07) is 6.85.